The van der Waals surface area contributed by atoms with Gasteiger partial charge in [0.1, 0.15) is 17.4 Å². The van der Waals surface area contributed by atoms with Gasteiger partial charge in [-0.3, -0.25) is 4.79 Å². The maximum atomic E-state index is 12.0. The molecule has 0 spiro atoms. The number of fused-ring (bicyclic) bond motifs is 1. The lowest BCUT2D eigenvalue weighted by Gasteiger charge is -2.12. The molecule has 1 atom stereocenters. The van der Waals surface area contributed by atoms with Gasteiger partial charge in [-0.05, 0) is 55.8 Å². The van der Waals surface area contributed by atoms with E-state index in [-0.39, 0.29) is 0 Å². The summed E-state index contributed by atoms with van der Waals surface area (Å²) in [7, 11) is 1.63. The van der Waals surface area contributed by atoms with Crippen molar-refractivity contribution < 1.29 is 14.3 Å². The summed E-state index contributed by atoms with van der Waals surface area (Å²) in [6.45, 7) is 4.10. The summed E-state index contributed by atoms with van der Waals surface area (Å²) in [4.78, 5) is 16.8. The van der Waals surface area contributed by atoms with E-state index in [0.717, 1.165) is 33.9 Å². The van der Waals surface area contributed by atoms with Crippen molar-refractivity contribution in [2.24, 2.45) is 5.73 Å². The van der Waals surface area contributed by atoms with Crippen molar-refractivity contribution >= 4 is 11.6 Å². The smallest absolute Gasteiger partial charge is 0.323 e. The third-order valence-corrected chi connectivity index (χ3v) is 4.25. The lowest BCUT2D eigenvalue weighted by Crippen LogP contribution is -2.34. The van der Waals surface area contributed by atoms with Gasteiger partial charge in [0.25, 0.3) is 0 Å². The Labute approximate surface area is 152 Å². The van der Waals surface area contributed by atoms with Crippen molar-refractivity contribution in [3.05, 3.63) is 53.9 Å². The number of rotatable bonds is 6. The molecule has 3 rings (SSSR count). The highest BCUT2D eigenvalue weighted by molar-refractivity contribution is 5.77. The highest BCUT2D eigenvalue weighted by atomic mass is 16.5. The normalized spacial score (nSPS) is 12.2. The van der Waals surface area contributed by atoms with E-state index >= 15 is 0 Å². The number of ether oxygens (including phenoxy) is 2. The number of pyridine rings is 1. The molecule has 0 saturated heterocycles. The predicted molar refractivity (Wildman–Crippen MR) is 100 cm³/mol. The number of hydrogen-bond acceptors (Lipinski definition) is 5. The van der Waals surface area contributed by atoms with Gasteiger partial charge in [-0.1, -0.05) is 0 Å². The molecule has 2 heterocycles. The minimum absolute atomic E-state index is 0.310. The summed E-state index contributed by atoms with van der Waals surface area (Å²) in [6.07, 6.45) is 2.29. The molecule has 1 unspecified atom stereocenters. The Bertz CT molecular complexity index is 916. The number of imidazole rings is 1. The van der Waals surface area contributed by atoms with Crippen LogP contribution in [0.15, 0.2) is 42.6 Å². The topological polar surface area (TPSA) is 78.8 Å². The van der Waals surface area contributed by atoms with Gasteiger partial charge in [-0.25, -0.2) is 4.98 Å². The van der Waals surface area contributed by atoms with Gasteiger partial charge >= 0.3 is 5.97 Å². The van der Waals surface area contributed by atoms with Gasteiger partial charge in [0.05, 0.1) is 25.1 Å². The SMILES string of the molecule is CCOC(=O)C(N)Cc1c(-c2ccc(OC)cc2)nc2cc(C)ccn12. The molecule has 0 fully saturated rings. The van der Waals surface area contributed by atoms with Crippen molar-refractivity contribution in [3.8, 4) is 17.0 Å². The minimum Gasteiger partial charge on any atom is -0.497 e. The maximum absolute atomic E-state index is 12.0. The van der Waals surface area contributed by atoms with Crippen LogP contribution in [0, 0.1) is 6.92 Å². The Morgan fingerprint density at radius 1 is 1.27 bits per heavy atom. The molecule has 0 aliphatic carbocycles. The van der Waals surface area contributed by atoms with E-state index in [2.05, 4.69) is 0 Å². The zero-order valence-corrected chi connectivity index (χ0v) is 15.2. The Morgan fingerprint density at radius 3 is 2.65 bits per heavy atom. The average molecular weight is 353 g/mol. The Kier molecular flexibility index (Phi) is 5.23. The summed E-state index contributed by atoms with van der Waals surface area (Å²) in [6, 6.07) is 10.9. The fraction of sp³-hybridized carbons (Fsp3) is 0.300. The van der Waals surface area contributed by atoms with Gasteiger partial charge in [-0.2, -0.15) is 0 Å². The van der Waals surface area contributed by atoms with Crippen molar-refractivity contribution in [2.45, 2.75) is 26.3 Å². The highest BCUT2D eigenvalue weighted by Gasteiger charge is 2.21. The van der Waals surface area contributed by atoms with Crippen LogP contribution in [0.1, 0.15) is 18.2 Å². The molecule has 1 aromatic carbocycles. The molecule has 2 N–H and O–H groups in total. The average Bonchev–Trinajstić information content (AvgIpc) is 2.99. The van der Waals surface area contributed by atoms with E-state index in [0.29, 0.717) is 13.0 Å². The van der Waals surface area contributed by atoms with Crippen LogP contribution in [0.2, 0.25) is 0 Å². The van der Waals surface area contributed by atoms with Crippen LogP contribution >= 0.6 is 0 Å². The van der Waals surface area contributed by atoms with Crippen LogP contribution in [0.5, 0.6) is 5.75 Å². The number of benzene rings is 1. The van der Waals surface area contributed by atoms with Crippen LogP contribution in [-0.4, -0.2) is 35.1 Å². The number of aryl methyl sites for hydroxylation is 1. The standard InChI is InChI=1S/C20H23N3O3/c1-4-26-20(24)16(21)12-17-19(14-5-7-15(25-3)8-6-14)22-18-11-13(2)9-10-23(17)18/h5-11,16H,4,12,21H2,1-3H3. The number of nitrogens with two attached hydrogens (primary N) is 1. The maximum Gasteiger partial charge on any atom is 0.323 e. The lowest BCUT2D eigenvalue weighted by molar-refractivity contribution is -0.144. The molecule has 0 radical (unpaired) electrons. The summed E-state index contributed by atoms with van der Waals surface area (Å²) >= 11 is 0. The number of methoxy groups -OCH3 is 1. The number of carbonyl (C=O) groups is 1. The number of aromatic nitrogens is 2. The van der Waals surface area contributed by atoms with Crippen molar-refractivity contribution in [3.63, 3.8) is 0 Å². The fourth-order valence-electron chi connectivity index (χ4n) is 2.91. The van der Waals surface area contributed by atoms with E-state index in [4.69, 9.17) is 20.2 Å². The van der Waals surface area contributed by atoms with E-state index < -0.39 is 12.0 Å². The van der Waals surface area contributed by atoms with E-state index in [1.807, 2.05) is 53.9 Å². The molecular formula is C20H23N3O3. The summed E-state index contributed by atoms with van der Waals surface area (Å²) in [5.74, 6) is 0.369. The first-order valence-electron chi connectivity index (χ1n) is 8.57. The van der Waals surface area contributed by atoms with Gasteiger partial charge < -0.3 is 19.6 Å². The zero-order chi connectivity index (χ0) is 18.7. The summed E-state index contributed by atoms with van der Waals surface area (Å²) in [5, 5.41) is 0. The Balaban J connectivity index is 2.07. The first-order chi connectivity index (χ1) is 12.5. The Morgan fingerprint density at radius 2 is 2.00 bits per heavy atom. The molecule has 0 saturated carbocycles. The van der Waals surface area contributed by atoms with Gasteiger partial charge in [0.2, 0.25) is 0 Å². The van der Waals surface area contributed by atoms with Gasteiger partial charge in [-0.15, -0.1) is 0 Å². The lowest BCUT2D eigenvalue weighted by atomic mass is 10.1. The van der Waals surface area contributed by atoms with E-state index in [1.165, 1.54) is 0 Å². The highest BCUT2D eigenvalue weighted by Crippen LogP contribution is 2.27. The molecule has 6 nitrogen and oxygen atoms in total. The second kappa shape index (κ2) is 7.58. The number of nitrogens with zero attached hydrogens (tertiary/aromatic N) is 2. The van der Waals surface area contributed by atoms with Gasteiger partial charge in [0, 0.05) is 18.2 Å². The summed E-state index contributed by atoms with van der Waals surface area (Å²) < 4.78 is 12.3. The van der Waals surface area contributed by atoms with E-state index in [1.54, 1.807) is 14.0 Å². The molecule has 26 heavy (non-hydrogen) atoms. The third kappa shape index (κ3) is 3.55. The molecule has 0 aliphatic heterocycles. The molecule has 136 valence electrons. The first kappa shape index (κ1) is 17.9. The number of hydrogen-bond donors (Lipinski definition) is 1. The largest absolute Gasteiger partial charge is 0.497 e. The van der Waals surface area contributed by atoms with Crippen LogP contribution in [0.4, 0.5) is 0 Å². The molecule has 6 heteroatoms. The molecule has 2 aromatic heterocycles. The van der Waals surface area contributed by atoms with Crippen LogP contribution in [0.3, 0.4) is 0 Å². The second-order valence-corrected chi connectivity index (χ2v) is 6.13. The third-order valence-electron chi connectivity index (χ3n) is 4.25. The van der Waals surface area contributed by atoms with Crippen LogP contribution < -0.4 is 10.5 Å². The van der Waals surface area contributed by atoms with Crippen LogP contribution in [0.25, 0.3) is 16.9 Å². The molecule has 0 aliphatic rings. The zero-order valence-electron chi connectivity index (χ0n) is 15.2. The number of carbonyl (C=O) groups excluding carboxylic acids is 1. The predicted octanol–water partition coefficient (Wildman–Crippen LogP) is 2.75. The van der Waals surface area contributed by atoms with Crippen molar-refractivity contribution in [1.82, 2.24) is 9.38 Å². The van der Waals surface area contributed by atoms with Gasteiger partial charge in [0.15, 0.2) is 0 Å². The second-order valence-electron chi connectivity index (χ2n) is 6.13. The quantitative estimate of drug-likeness (QED) is 0.690. The monoisotopic (exact) mass is 353 g/mol. The van der Waals surface area contributed by atoms with Crippen molar-refractivity contribution in [1.29, 1.82) is 0 Å². The summed E-state index contributed by atoms with van der Waals surface area (Å²) in [5.41, 5.74) is 10.6. The van der Waals surface area contributed by atoms with E-state index in [9.17, 15) is 4.79 Å². The number of esters is 1. The first-order valence-corrected chi connectivity index (χ1v) is 8.57. The fourth-order valence-corrected chi connectivity index (χ4v) is 2.91. The van der Waals surface area contributed by atoms with Crippen molar-refractivity contribution in [2.75, 3.05) is 13.7 Å². The molecule has 0 amide bonds. The molecular weight excluding hydrogens is 330 g/mol. The minimum atomic E-state index is -0.742. The molecule has 0 bridgehead atoms. The molecule has 3 aromatic rings. The Hall–Kier alpha value is -2.86. The van der Waals surface area contributed by atoms with Crippen LogP contribution in [-0.2, 0) is 16.0 Å².